The summed E-state index contributed by atoms with van der Waals surface area (Å²) in [5.74, 6) is -0.631. The third-order valence-corrected chi connectivity index (χ3v) is 3.26. The minimum atomic E-state index is -4.43. The molecule has 1 aromatic heterocycles. The van der Waals surface area contributed by atoms with Crippen LogP contribution in [0.1, 0.15) is 37.3 Å². The lowest BCUT2D eigenvalue weighted by molar-refractivity contribution is -0.153. The van der Waals surface area contributed by atoms with Gasteiger partial charge in [-0.2, -0.15) is 13.2 Å². The molecule has 0 aliphatic carbocycles. The zero-order valence-corrected chi connectivity index (χ0v) is 10.2. The number of hydrogen-bond donors (Lipinski definition) is 1. The number of hydrogen-bond acceptors (Lipinski definition) is 3. The van der Waals surface area contributed by atoms with Gasteiger partial charge in [0.2, 0.25) is 5.76 Å². The molecule has 0 unspecified atom stereocenters. The van der Waals surface area contributed by atoms with Gasteiger partial charge in [0, 0.05) is 12.6 Å². The van der Waals surface area contributed by atoms with Gasteiger partial charge in [0.25, 0.3) is 0 Å². The molecule has 0 bridgehead atoms. The fraction of sp³-hybridized carbons (Fsp3) is 0.667. The summed E-state index contributed by atoms with van der Waals surface area (Å²) >= 11 is 0. The summed E-state index contributed by atoms with van der Waals surface area (Å²) in [5.41, 5.74) is 5.97. The Hall–Kier alpha value is -1.01. The van der Waals surface area contributed by atoms with Gasteiger partial charge >= 0.3 is 6.18 Å². The molecule has 3 nitrogen and oxygen atoms in total. The normalized spacial score (nSPS) is 25.8. The Labute approximate surface area is 104 Å². The summed E-state index contributed by atoms with van der Waals surface area (Å²) in [5, 5.41) is 0. The monoisotopic (exact) mass is 262 g/mol. The van der Waals surface area contributed by atoms with Gasteiger partial charge < -0.3 is 10.2 Å². The molecule has 18 heavy (non-hydrogen) atoms. The Morgan fingerprint density at radius 2 is 2.17 bits per heavy atom. The average Bonchev–Trinajstić information content (AvgIpc) is 2.85. The van der Waals surface area contributed by atoms with Crippen molar-refractivity contribution >= 4 is 0 Å². The van der Waals surface area contributed by atoms with E-state index in [-0.39, 0.29) is 12.1 Å². The van der Waals surface area contributed by atoms with Crippen molar-refractivity contribution in [3.05, 3.63) is 23.7 Å². The Morgan fingerprint density at radius 1 is 1.44 bits per heavy atom. The summed E-state index contributed by atoms with van der Waals surface area (Å²) in [7, 11) is 0. The van der Waals surface area contributed by atoms with Crippen LogP contribution in [0.15, 0.2) is 16.5 Å². The largest absolute Gasteiger partial charge is 0.455 e. The van der Waals surface area contributed by atoms with Crippen LogP contribution < -0.4 is 5.73 Å². The van der Waals surface area contributed by atoms with Crippen molar-refractivity contribution < 1.29 is 17.6 Å². The van der Waals surface area contributed by atoms with E-state index < -0.39 is 11.9 Å². The SMILES string of the molecule is CCCN1CC[C@H](N)[C@H]1c1ccc(C(F)(F)F)o1. The lowest BCUT2D eigenvalue weighted by Gasteiger charge is -2.24. The van der Waals surface area contributed by atoms with Gasteiger partial charge in [0.1, 0.15) is 5.76 Å². The first-order valence-electron chi connectivity index (χ1n) is 6.10. The number of nitrogens with zero attached hydrogens (tertiary/aromatic N) is 1. The van der Waals surface area contributed by atoms with Crippen LogP contribution in [0.2, 0.25) is 0 Å². The van der Waals surface area contributed by atoms with Gasteiger partial charge in [0.05, 0.1) is 6.04 Å². The third-order valence-electron chi connectivity index (χ3n) is 3.26. The first-order valence-corrected chi connectivity index (χ1v) is 6.10. The van der Waals surface area contributed by atoms with Crippen LogP contribution in [0.3, 0.4) is 0 Å². The van der Waals surface area contributed by atoms with Crippen molar-refractivity contribution in [1.82, 2.24) is 4.90 Å². The van der Waals surface area contributed by atoms with Gasteiger partial charge in [-0.15, -0.1) is 0 Å². The van der Waals surface area contributed by atoms with Crippen molar-refractivity contribution in [2.75, 3.05) is 13.1 Å². The lowest BCUT2D eigenvalue weighted by Crippen LogP contribution is -2.32. The Bertz CT molecular complexity index is 400. The minimum absolute atomic E-state index is 0.163. The molecule has 0 aromatic carbocycles. The Kier molecular flexibility index (Phi) is 3.68. The molecule has 1 saturated heterocycles. The highest BCUT2D eigenvalue weighted by Crippen LogP contribution is 2.36. The molecular formula is C12H17F3N2O. The lowest BCUT2D eigenvalue weighted by atomic mass is 10.1. The summed E-state index contributed by atoms with van der Waals surface area (Å²) in [6.45, 7) is 3.66. The molecule has 0 radical (unpaired) electrons. The topological polar surface area (TPSA) is 42.4 Å². The van der Waals surface area contributed by atoms with Crippen LogP contribution in [0, 0.1) is 0 Å². The number of nitrogens with two attached hydrogens (primary N) is 1. The summed E-state index contributed by atoms with van der Waals surface area (Å²) in [4.78, 5) is 2.09. The van der Waals surface area contributed by atoms with Crippen LogP contribution in [-0.2, 0) is 6.18 Å². The zero-order valence-electron chi connectivity index (χ0n) is 10.2. The molecule has 0 spiro atoms. The van der Waals surface area contributed by atoms with Crippen molar-refractivity contribution in [3.8, 4) is 0 Å². The number of rotatable bonds is 3. The maximum atomic E-state index is 12.5. The highest BCUT2D eigenvalue weighted by Gasteiger charge is 2.39. The molecular weight excluding hydrogens is 245 g/mol. The zero-order chi connectivity index (χ0) is 13.3. The molecule has 2 heterocycles. The number of halogens is 3. The van der Waals surface area contributed by atoms with Crippen molar-refractivity contribution in [3.63, 3.8) is 0 Å². The molecule has 1 fully saturated rings. The van der Waals surface area contributed by atoms with Gasteiger partial charge in [-0.1, -0.05) is 6.92 Å². The van der Waals surface area contributed by atoms with Gasteiger partial charge in [-0.3, -0.25) is 4.90 Å². The van der Waals surface area contributed by atoms with Crippen molar-refractivity contribution in [1.29, 1.82) is 0 Å². The van der Waals surface area contributed by atoms with E-state index in [2.05, 4.69) is 4.90 Å². The van der Waals surface area contributed by atoms with E-state index >= 15 is 0 Å². The molecule has 1 aromatic rings. The number of likely N-dealkylation sites (tertiary alicyclic amines) is 1. The summed E-state index contributed by atoms with van der Waals surface area (Å²) < 4.78 is 42.4. The maximum Gasteiger partial charge on any atom is 0.449 e. The molecule has 2 rings (SSSR count). The van der Waals surface area contributed by atoms with Crippen LogP contribution in [0.5, 0.6) is 0 Å². The predicted molar refractivity (Wildman–Crippen MR) is 60.9 cm³/mol. The molecule has 0 saturated carbocycles. The first kappa shape index (κ1) is 13.4. The molecule has 6 heteroatoms. The second kappa shape index (κ2) is 4.93. The Morgan fingerprint density at radius 3 is 2.72 bits per heavy atom. The molecule has 2 N–H and O–H groups in total. The fourth-order valence-corrected chi connectivity index (χ4v) is 2.48. The van der Waals surface area contributed by atoms with E-state index in [1.54, 1.807) is 0 Å². The predicted octanol–water partition coefficient (Wildman–Crippen LogP) is 2.78. The van der Waals surface area contributed by atoms with E-state index in [9.17, 15) is 13.2 Å². The van der Waals surface area contributed by atoms with Gasteiger partial charge in [-0.25, -0.2) is 0 Å². The molecule has 1 aliphatic heterocycles. The number of alkyl halides is 3. The average molecular weight is 262 g/mol. The standard InChI is InChI=1S/C12H17F3N2O/c1-2-6-17-7-5-8(16)11(17)9-3-4-10(18-9)12(13,14)15/h3-4,8,11H,2,5-7,16H2,1H3/t8-,11-/m0/s1. The highest BCUT2D eigenvalue weighted by atomic mass is 19.4. The van der Waals surface area contributed by atoms with Crippen LogP contribution in [0.4, 0.5) is 13.2 Å². The molecule has 1 aliphatic rings. The molecule has 102 valence electrons. The second-order valence-electron chi connectivity index (χ2n) is 4.63. The fourth-order valence-electron chi connectivity index (χ4n) is 2.48. The first-order chi connectivity index (χ1) is 8.43. The smallest absolute Gasteiger partial charge is 0.449 e. The van der Waals surface area contributed by atoms with E-state index in [0.29, 0.717) is 5.76 Å². The highest BCUT2D eigenvalue weighted by molar-refractivity contribution is 5.16. The molecule has 2 atom stereocenters. The summed E-state index contributed by atoms with van der Waals surface area (Å²) in [6.07, 6.45) is -2.71. The van der Waals surface area contributed by atoms with E-state index in [4.69, 9.17) is 10.2 Å². The van der Waals surface area contributed by atoms with Crippen molar-refractivity contribution in [2.45, 2.75) is 38.0 Å². The van der Waals surface area contributed by atoms with Gasteiger partial charge in [-0.05, 0) is 31.5 Å². The van der Waals surface area contributed by atoms with E-state index in [0.717, 1.165) is 32.0 Å². The molecule has 0 amide bonds. The Balaban J connectivity index is 2.21. The van der Waals surface area contributed by atoms with Crippen molar-refractivity contribution in [2.24, 2.45) is 5.73 Å². The van der Waals surface area contributed by atoms with Crippen LogP contribution >= 0.6 is 0 Å². The van der Waals surface area contributed by atoms with Gasteiger partial charge in [0.15, 0.2) is 0 Å². The maximum absolute atomic E-state index is 12.5. The quantitative estimate of drug-likeness (QED) is 0.910. The van der Waals surface area contributed by atoms with Crippen LogP contribution in [-0.4, -0.2) is 24.0 Å². The summed E-state index contributed by atoms with van der Waals surface area (Å²) in [6, 6.07) is 1.97. The van der Waals surface area contributed by atoms with Crippen LogP contribution in [0.25, 0.3) is 0 Å². The second-order valence-corrected chi connectivity index (χ2v) is 4.63. The minimum Gasteiger partial charge on any atom is -0.455 e. The third kappa shape index (κ3) is 2.54. The number of furan rings is 1. The van der Waals surface area contributed by atoms with E-state index in [1.807, 2.05) is 6.92 Å². The van der Waals surface area contributed by atoms with E-state index in [1.165, 1.54) is 6.07 Å².